The number of carbonyl (C=O) groups is 1. The van der Waals surface area contributed by atoms with Crippen LogP contribution < -0.4 is 4.74 Å². The minimum absolute atomic E-state index is 0.0638. The van der Waals surface area contributed by atoms with Gasteiger partial charge in [-0.1, -0.05) is 18.2 Å². The molecule has 26 heavy (non-hydrogen) atoms. The normalized spacial score (nSPS) is 13.8. The first-order chi connectivity index (χ1) is 12.7. The van der Waals surface area contributed by atoms with Crippen LogP contribution in [-0.2, 0) is 12.8 Å². The van der Waals surface area contributed by atoms with Crippen molar-refractivity contribution in [2.75, 3.05) is 20.2 Å². The molecule has 2 aromatic carbocycles. The zero-order chi connectivity index (χ0) is 17.9. The van der Waals surface area contributed by atoms with E-state index in [-0.39, 0.29) is 5.91 Å². The quantitative estimate of drug-likeness (QED) is 0.726. The van der Waals surface area contributed by atoms with Crippen molar-refractivity contribution < 1.29 is 13.9 Å². The van der Waals surface area contributed by atoms with E-state index in [0.717, 1.165) is 30.7 Å². The Kier molecular flexibility index (Phi) is 4.44. The van der Waals surface area contributed by atoms with E-state index < -0.39 is 0 Å². The molecular formula is C21H20N2O3. The van der Waals surface area contributed by atoms with Crippen molar-refractivity contribution in [2.24, 2.45) is 0 Å². The van der Waals surface area contributed by atoms with Crippen molar-refractivity contribution in [2.45, 2.75) is 12.8 Å². The Balaban J connectivity index is 1.48. The number of rotatable bonds is 3. The third-order valence-corrected chi connectivity index (χ3v) is 4.85. The van der Waals surface area contributed by atoms with Gasteiger partial charge in [0, 0.05) is 24.2 Å². The summed E-state index contributed by atoms with van der Waals surface area (Å²) in [7, 11) is 1.68. The highest BCUT2D eigenvalue weighted by Crippen LogP contribution is 2.23. The maximum Gasteiger partial charge on any atom is 0.253 e. The summed E-state index contributed by atoms with van der Waals surface area (Å²) in [5, 5.41) is 0. The first-order valence-electron chi connectivity index (χ1n) is 8.68. The minimum Gasteiger partial charge on any atom is -0.497 e. The Morgan fingerprint density at radius 3 is 2.54 bits per heavy atom. The van der Waals surface area contributed by atoms with Gasteiger partial charge in [-0.25, -0.2) is 4.98 Å². The molecule has 3 aromatic rings. The van der Waals surface area contributed by atoms with E-state index in [4.69, 9.17) is 9.15 Å². The molecule has 4 rings (SSSR count). The van der Waals surface area contributed by atoms with Crippen LogP contribution in [0.1, 0.15) is 21.5 Å². The summed E-state index contributed by atoms with van der Waals surface area (Å²) in [4.78, 5) is 18.7. The lowest BCUT2D eigenvalue weighted by Crippen LogP contribution is -2.33. The first-order valence-corrected chi connectivity index (χ1v) is 8.68. The second-order valence-electron chi connectivity index (χ2n) is 6.37. The smallest absolute Gasteiger partial charge is 0.253 e. The van der Waals surface area contributed by atoms with Crippen LogP contribution in [0.4, 0.5) is 0 Å². The summed E-state index contributed by atoms with van der Waals surface area (Å²) in [5.74, 6) is 1.63. The summed E-state index contributed by atoms with van der Waals surface area (Å²) in [6.45, 7) is 1.44. The predicted molar refractivity (Wildman–Crippen MR) is 98.2 cm³/mol. The van der Waals surface area contributed by atoms with E-state index in [2.05, 4.69) is 17.1 Å². The minimum atomic E-state index is 0.0638. The average Bonchev–Trinajstić information content (AvgIpc) is 3.14. The highest BCUT2D eigenvalue weighted by Gasteiger charge is 2.20. The number of methoxy groups -OCH3 is 1. The van der Waals surface area contributed by atoms with Gasteiger partial charge < -0.3 is 14.1 Å². The van der Waals surface area contributed by atoms with Crippen LogP contribution in [0, 0.1) is 0 Å². The van der Waals surface area contributed by atoms with E-state index in [1.807, 2.05) is 35.2 Å². The first kappa shape index (κ1) is 16.4. The van der Waals surface area contributed by atoms with Gasteiger partial charge in [0.1, 0.15) is 5.75 Å². The maximum atomic E-state index is 12.9. The summed E-state index contributed by atoms with van der Waals surface area (Å²) < 4.78 is 10.6. The number of oxazole rings is 1. The number of hydrogen-bond acceptors (Lipinski definition) is 4. The number of nitrogens with zero attached hydrogens (tertiary/aromatic N) is 2. The second-order valence-corrected chi connectivity index (χ2v) is 6.37. The second kappa shape index (κ2) is 7.04. The fraction of sp³-hybridized carbons (Fsp3) is 0.238. The van der Waals surface area contributed by atoms with Crippen molar-refractivity contribution in [3.05, 3.63) is 71.7 Å². The van der Waals surface area contributed by atoms with E-state index >= 15 is 0 Å². The van der Waals surface area contributed by atoms with E-state index in [1.54, 1.807) is 13.3 Å². The third-order valence-electron chi connectivity index (χ3n) is 4.85. The van der Waals surface area contributed by atoms with E-state index in [1.165, 1.54) is 17.5 Å². The predicted octanol–water partition coefficient (Wildman–Crippen LogP) is 3.59. The van der Waals surface area contributed by atoms with Gasteiger partial charge in [-0.05, 0) is 48.2 Å². The summed E-state index contributed by atoms with van der Waals surface area (Å²) in [6, 6.07) is 13.7. The number of hydrogen-bond donors (Lipinski definition) is 0. The van der Waals surface area contributed by atoms with Crippen LogP contribution in [0.15, 0.2) is 59.5 Å². The van der Waals surface area contributed by atoms with Crippen LogP contribution in [0.3, 0.4) is 0 Å². The van der Waals surface area contributed by atoms with Crippen molar-refractivity contribution in [1.29, 1.82) is 0 Å². The fourth-order valence-corrected chi connectivity index (χ4v) is 3.35. The van der Waals surface area contributed by atoms with Crippen molar-refractivity contribution in [3.63, 3.8) is 0 Å². The van der Waals surface area contributed by atoms with Gasteiger partial charge in [0.25, 0.3) is 5.91 Å². The number of carbonyl (C=O) groups excluding carboxylic acids is 1. The lowest BCUT2D eigenvalue weighted by molar-refractivity contribution is 0.0763. The molecule has 1 aromatic heterocycles. The molecule has 0 atom stereocenters. The molecule has 0 fully saturated rings. The molecule has 0 saturated carbocycles. The Labute approximate surface area is 152 Å². The van der Waals surface area contributed by atoms with Gasteiger partial charge >= 0.3 is 0 Å². The molecule has 0 N–H and O–H groups in total. The monoisotopic (exact) mass is 348 g/mol. The van der Waals surface area contributed by atoms with Crippen molar-refractivity contribution in [1.82, 2.24) is 9.88 Å². The van der Waals surface area contributed by atoms with Gasteiger partial charge in [0.15, 0.2) is 12.2 Å². The molecule has 1 aliphatic heterocycles. The maximum absolute atomic E-state index is 12.9. The molecule has 0 bridgehead atoms. The fourth-order valence-electron chi connectivity index (χ4n) is 3.35. The zero-order valence-electron chi connectivity index (χ0n) is 14.6. The summed E-state index contributed by atoms with van der Waals surface area (Å²) >= 11 is 0. The zero-order valence-corrected chi connectivity index (χ0v) is 14.6. The van der Waals surface area contributed by atoms with Gasteiger partial charge in [0.05, 0.1) is 13.3 Å². The Morgan fingerprint density at radius 1 is 1.08 bits per heavy atom. The average molecular weight is 348 g/mol. The highest BCUT2D eigenvalue weighted by molar-refractivity contribution is 5.94. The molecule has 0 radical (unpaired) electrons. The SMILES string of the molecule is COc1ccc2c(c1)CCN(C(=O)c1ccc(-c3cnco3)cc1)CC2. The van der Waals surface area contributed by atoms with Gasteiger partial charge in [0.2, 0.25) is 0 Å². The lowest BCUT2D eigenvalue weighted by Gasteiger charge is -2.20. The van der Waals surface area contributed by atoms with Crippen molar-refractivity contribution >= 4 is 5.91 Å². The highest BCUT2D eigenvalue weighted by atomic mass is 16.5. The lowest BCUT2D eigenvalue weighted by atomic mass is 10.0. The van der Waals surface area contributed by atoms with Gasteiger partial charge in [-0.2, -0.15) is 0 Å². The number of amides is 1. The van der Waals surface area contributed by atoms with Gasteiger partial charge in [-0.15, -0.1) is 0 Å². The summed E-state index contributed by atoms with van der Waals surface area (Å²) in [5.41, 5.74) is 4.16. The van der Waals surface area contributed by atoms with Crippen LogP contribution in [-0.4, -0.2) is 36.0 Å². The van der Waals surface area contributed by atoms with Crippen LogP contribution >= 0.6 is 0 Å². The van der Waals surface area contributed by atoms with E-state index in [9.17, 15) is 4.79 Å². The van der Waals surface area contributed by atoms with Crippen LogP contribution in [0.25, 0.3) is 11.3 Å². The molecule has 5 heteroatoms. The molecule has 132 valence electrons. The molecule has 0 spiro atoms. The molecular weight excluding hydrogens is 328 g/mol. The largest absolute Gasteiger partial charge is 0.497 e. The van der Waals surface area contributed by atoms with Gasteiger partial charge in [-0.3, -0.25) is 4.79 Å². The molecule has 2 heterocycles. The molecule has 1 aliphatic rings. The Bertz CT molecular complexity index is 902. The van der Waals surface area contributed by atoms with Crippen LogP contribution in [0.2, 0.25) is 0 Å². The topological polar surface area (TPSA) is 55.6 Å². The number of aromatic nitrogens is 1. The molecule has 5 nitrogen and oxygen atoms in total. The third kappa shape index (κ3) is 3.20. The molecule has 1 amide bonds. The van der Waals surface area contributed by atoms with Crippen molar-refractivity contribution in [3.8, 4) is 17.1 Å². The van der Waals surface area contributed by atoms with E-state index in [0.29, 0.717) is 17.9 Å². The molecule has 0 saturated heterocycles. The Hall–Kier alpha value is -3.08. The number of fused-ring (bicyclic) bond motifs is 1. The Morgan fingerprint density at radius 2 is 1.85 bits per heavy atom. The standard InChI is InChI=1S/C21H20N2O3/c1-25-19-7-6-15-8-10-23(11-9-18(15)12-19)21(24)17-4-2-16(3-5-17)20-13-22-14-26-20/h2-7,12-14H,8-11H2,1H3. The van der Waals surface area contributed by atoms with Crippen LogP contribution in [0.5, 0.6) is 5.75 Å². The summed E-state index contributed by atoms with van der Waals surface area (Å²) in [6.07, 6.45) is 4.77. The number of ether oxygens (including phenoxy) is 1. The molecule has 0 aliphatic carbocycles. The molecule has 0 unspecified atom stereocenters. The number of benzene rings is 2.